The van der Waals surface area contributed by atoms with Gasteiger partial charge in [0.2, 0.25) is 0 Å². The number of likely N-dealkylation sites (tertiary alicyclic amines) is 1. The van der Waals surface area contributed by atoms with E-state index in [1.807, 2.05) is 0 Å². The number of nitrogens with zero attached hydrogens (tertiary/aromatic N) is 1. The zero-order valence-electron chi connectivity index (χ0n) is 9.99. The Kier molecular flexibility index (Phi) is 3.73. The number of aliphatic hydroxyl groups is 1. The Morgan fingerprint density at radius 1 is 1.60 bits per heavy atom. The molecule has 0 saturated carbocycles. The largest absolute Gasteiger partial charge is 0.393 e. The van der Waals surface area contributed by atoms with E-state index in [1.165, 1.54) is 0 Å². The molecular formula is C11H21NO3. The standard InChI is InChI=1S/C11H21NO3/c1-8(13)9-5-6-12(7-9)10(14)11(2,3)15-4/h8-9,13H,5-7H2,1-4H3. The maximum atomic E-state index is 12.0. The van der Waals surface area contributed by atoms with Crippen molar-refractivity contribution in [2.75, 3.05) is 20.2 Å². The minimum Gasteiger partial charge on any atom is -0.393 e. The fourth-order valence-electron chi connectivity index (χ4n) is 1.83. The highest BCUT2D eigenvalue weighted by Gasteiger charge is 2.36. The molecule has 1 saturated heterocycles. The zero-order valence-corrected chi connectivity index (χ0v) is 9.99. The predicted molar refractivity (Wildman–Crippen MR) is 57.5 cm³/mol. The van der Waals surface area contributed by atoms with Gasteiger partial charge in [-0.3, -0.25) is 4.79 Å². The van der Waals surface area contributed by atoms with Crippen LogP contribution < -0.4 is 0 Å². The van der Waals surface area contributed by atoms with Crippen LogP contribution in [0.1, 0.15) is 27.2 Å². The van der Waals surface area contributed by atoms with E-state index in [2.05, 4.69) is 0 Å². The fourth-order valence-corrected chi connectivity index (χ4v) is 1.83. The van der Waals surface area contributed by atoms with Gasteiger partial charge in [-0.25, -0.2) is 0 Å². The molecule has 1 aliphatic heterocycles. The minimum absolute atomic E-state index is 0.00755. The average Bonchev–Trinajstić information content (AvgIpc) is 2.65. The van der Waals surface area contributed by atoms with Gasteiger partial charge in [-0.05, 0) is 27.2 Å². The van der Waals surface area contributed by atoms with Crippen molar-refractivity contribution in [2.45, 2.75) is 38.9 Å². The lowest BCUT2D eigenvalue weighted by Crippen LogP contribution is -2.45. The Labute approximate surface area is 91.2 Å². The summed E-state index contributed by atoms with van der Waals surface area (Å²) in [6.07, 6.45) is 0.539. The van der Waals surface area contributed by atoms with Crippen LogP contribution in [-0.4, -0.2) is 47.8 Å². The average molecular weight is 215 g/mol. The summed E-state index contributed by atoms with van der Waals surface area (Å²) in [5.41, 5.74) is -0.756. The quantitative estimate of drug-likeness (QED) is 0.751. The van der Waals surface area contributed by atoms with Crippen LogP contribution in [0, 0.1) is 5.92 Å². The van der Waals surface area contributed by atoms with Crippen LogP contribution in [0.4, 0.5) is 0 Å². The monoisotopic (exact) mass is 215 g/mol. The molecule has 1 amide bonds. The summed E-state index contributed by atoms with van der Waals surface area (Å²) in [5, 5.41) is 9.44. The molecule has 1 rings (SSSR count). The number of amides is 1. The molecular weight excluding hydrogens is 194 g/mol. The summed E-state index contributed by atoms with van der Waals surface area (Å²) in [6, 6.07) is 0. The van der Waals surface area contributed by atoms with Crippen molar-refractivity contribution >= 4 is 5.91 Å². The van der Waals surface area contributed by atoms with Crippen molar-refractivity contribution in [2.24, 2.45) is 5.92 Å². The van der Waals surface area contributed by atoms with Crippen LogP contribution in [0.15, 0.2) is 0 Å². The van der Waals surface area contributed by atoms with E-state index in [0.29, 0.717) is 6.54 Å². The van der Waals surface area contributed by atoms with E-state index in [4.69, 9.17) is 4.74 Å². The third-order valence-corrected chi connectivity index (χ3v) is 3.22. The van der Waals surface area contributed by atoms with Gasteiger partial charge >= 0.3 is 0 Å². The fraction of sp³-hybridized carbons (Fsp3) is 0.909. The normalized spacial score (nSPS) is 24.3. The maximum Gasteiger partial charge on any atom is 0.254 e. The van der Waals surface area contributed by atoms with Crippen molar-refractivity contribution in [3.05, 3.63) is 0 Å². The first-order valence-electron chi connectivity index (χ1n) is 5.41. The molecule has 4 nitrogen and oxygen atoms in total. The van der Waals surface area contributed by atoms with Gasteiger partial charge in [0.25, 0.3) is 5.91 Å². The summed E-state index contributed by atoms with van der Waals surface area (Å²) < 4.78 is 5.15. The molecule has 0 aromatic rings. The second kappa shape index (κ2) is 4.49. The first-order valence-corrected chi connectivity index (χ1v) is 5.41. The molecule has 0 radical (unpaired) electrons. The lowest BCUT2D eigenvalue weighted by atomic mass is 10.0. The van der Waals surface area contributed by atoms with Gasteiger partial charge in [0.1, 0.15) is 5.60 Å². The molecule has 2 atom stereocenters. The van der Waals surface area contributed by atoms with Crippen LogP contribution >= 0.6 is 0 Å². The van der Waals surface area contributed by atoms with E-state index in [0.717, 1.165) is 13.0 Å². The van der Waals surface area contributed by atoms with Crippen molar-refractivity contribution in [1.82, 2.24) is 4.90 Å². The molecule has 0 bridgehead atoms. The Balaban J connectivity index is 2.58. The Morgan fingerprint density at radius 3 is 2.60 bits per heavy atom. The first kappa shape index (κ1) is 12.5. The molecule has 1 N–H and O–H groups in total. The molecule has 0 aromatic heterocycles. The number of hydrogen-bond acceptors (Lipinski definition) is 3. The van der Waals surface area contributed by atoms with Gasteiger partial charge in [-0.2, -0.15) is 0 Å². The highest BCUT2D eigenvalue weighted by molar-refractivity contribution is 5.84. The highest BCUT2D eigenvalue weighted by Crippen LogP contribution is 2.23. The van der Waals surface area contributed by atoms with Crippen molar-refractivity contribution < 1.29 is 14.6 Å². The number of carbonyl (C=O) groups excluding carboxylic acids is 1. The van der Waals surface area contributed by atoms with Crippen molar-refractivity contribution in [3.8, 4) is 0 Å². The first-order chi connectivity index (χ1) is 6.88. The third kappa shape index (κ3) is 2.69. The van der Waals surface area contributed by atoms with E-state index in [1.54, 1.807) is 32.8 Å². The number of aliphatic hydroxyl groups excluding tert-OH is 1. The smallest absolute Gasteiger partial charge is 0.254 e. The van der Waals surface area contributed by atoms with Gasteiger partial charge in [0, 0.05) is 26.1 Å². The van der Waals surface area contributed by atoms with E-state index < -0.39 is 5.60 Å². The van der Waals surface area contributed by atoms with Crippen LogP contribution in [0.3, 0.4) is 0 Å². The molecule has 4 heteroatoms. The van der Waals surface area contributed by atoms with Gasteiger partial charge in [-0.1, -0.05) is 0 Å². The summed E-state index contributed by atoms with van der Waals surface area (Å²) in [5.74, 6) is 0.217. The summed E-state index contributed by atoms with van der Waals surface area (Å²) in [4.78, 5) is 13.8. The second-order valence-corrected chi connectivity index (χ2v) is 4.75. The number of hydrogen-bond donors (Lipinski definition) is 1. The predicted octanol–water partition coefficient (Wildman–Crippen LogP) is 0.641. The molecule has 0 aromatic carbocycles. The van der Waals surface area contributed by atoms with E-state index in [-0.39, 0.29) is 17.9 Å². The van der Waals surface area contributed by atoms with Crippen molar-refractivity contribution in [3.63, 3.8) is 0 Å². The molecule has 88 valence electrons. The molecule has 1 heterocycles. The molecule has 0 aliphatic carbocycles. The van der Waals surface area contributed by atoms with E-state index >= 15 is 0 Å². The molecule has 1 fully saturated rings. The van der Waals surface area contributed by atoms with Gasteiger partial charge in [-0.15, -0.1) is 0 Å². The van der Waals surface area contributed by atoms with Crippen LogP contribution in [0.25, 0.3) is 0 Å². The maximum absolute atomic E-state index is 12.0. The number of rotatable bonds is 3. The Morgan fingerprint density at radius 2 is 2.20 bits per heavy atom. The second-order valence-electron chi connectivity index (χ2n) is 4.75. The Hall–Kier alpha value is -0.610. The molecule has 15 heavy (non-hydrogen) atoms. The van der Waals surface area contributed by atoms with Crippen molar-refractivity contribution in [1.29, 1.82) is 0 Å². The molecule has 0 spiro atoms. The van der Waals surface area contributed by atoms with Crippen LogP contribution in [0.2, 0.25) is 0 Å². The lowest BCUT2D eigenvalue weighted by molar-refractivity contribution is -0.150. The summed E-state index contributed by atoms with van der Waals surface area (Å²) >= 11 is 0. The van der Waals surface area contributed by atoms with Gasteiger partial charge < -0.3 is 14.7 Å². The minimum atomic E-state index is -0.756. The lowest BCUT2D eigenvalue weighted by Gasteiger charge is -2.28. The third-order valence-electron chi connectivity index (χ3n) is 3.22. The number of ether oxygens (including phenoxy) is 1. The SMILES string of the molecule is COC(C)(C)C(=O)N1CCC(C(C)O)C1. The molecule has 2 unspecified atom stereocenters. The van der Waals surface area contributed by atoms with Gasteiger partial charge in [0.15, 0.2) is 0 Å². The zero-order chi connectivity index (χ0) is 11.6. The highest BCUT2D eigenvalue weighted by atomic mass is 16.5. The molecule has 1 aliphatic rings. The summed E-state index contributed by atoms with van der Waals surface area (Å²) in [6.45, 7) is 6.68. The van der Waals surface area contributed by atoms with Crippen LogP contribution in [-0.2, 0) is 9.53 Å². The summed E-state index contributed by atoms with van der Waals surface area (Å²) in [7, 11) is 1.54. The van der Waals surface area contributed by atoms with E-state index in [9.17, 15) is 9.90 Å². The number of methoxy groups -OCH3 is 1. The van der Waals surface area contributed by atoms with Crippen LogP contribution in [0.5, 0.6) is 0 Å². The Bertz CT molecular complexity index is 238. The number of carbonyl (C=O) groups is 1. The topological polar surface area (TPSA) is 49.8 Å². The van der Waals surface area contributed by atoms with Gasteiger partial charge in [0.05, 0.1) is 6.10 Å².